The summed E-state index contributed by atoms with van der Waals surface area (Å²) in [6, 6.07) is -2.70. The molecule has 3 amide bonds. The van der Waals surface area contributed by atoms with E-state index in [0.29, 0.717) is 16.5 Å². The van der Waals surface area contributed by atoms with Gasteiger partial charge < -0.3 is 10.2 Å². The second kappa shape index (κ2) is 4.85. The van der Waals surface area contributed by atoms with Gasteiger partial charge in [-0.3, -0.25) is 14.1 Å². The van der Waals surface area contributed by atoms with Crippen LogP contribution in [0.2, 0.25) is 0 Å². The number of amides is 3. The number of nitrogens with one attached hydrogen (secondary N) is 1. The zero-order valence-electron chi connectivity index (χ0n) is 10.8. The maximum absolute atomic E-state index is 12.1. The zero-order valence-corrected chi connectivity index (χ0v) is 12.4. The van der Waals surface area contributed by atoms with Crippen molar-refractivity contribution in [2.45, 2.75) is 31.0 Å². The van der Waals surface area contributed by atoms with Crippen molar-refractivity contribution in [3.63, 3.8) is 0 Å². The van der Waals surface area contributed by atoms with Crippen LogP contribution in [0.3, 0.4) is 0 Å². The fourth-order valence-electron chi connectivity index (χ4n) is 2.90. The summed E-state index contributed by atoms with van der Waals surface area (Å²) in [7, 11) is -4.58. The van der Waals surface area contributed by atoms with Crippen LogP contribution in [-0.2, 0) is 19.9 Å². The minimum atomic E-state index is -4.58. The molecule has 0 aromatic carbocycles. The van der Waals surface area contributed by atoms with E-state index in [4.69, 9.17) is 4.55 Å². The van der Waals surface area contributed by atoms with E-state index >= 15 is 0 Å². The van der Waals surface area contributed by atoms with E-state index < -0.39 is 40.4 Å². The Balaban J connectivity index is 1.68. The lowest BCUT2D eigenvalue weighted by Gasteiger charge is -2.42. The Morgan fingerprint density at radius 3 is 2.62 bits per heavy atom. The van der Waals surface area contributed by atoms with Gasteiger partial charge in [0.1, 0.15) is 12.1 Å². The van der Waals surface area contributed by atoms with Gasteiger partial charge >= 0.3 is 16.3 Å². The van der Waals surface area contributed by atoms with Crippen LogP contribution in [0.1, 0.15) is 12.8 Å². The predicted octanol–water partition coefficient (Wildman–Crippen LogP) is -1.18. The molecule has 9 nitrogen and oxygen atoms in total. The lowest BCUT2D eigenvalue weighted by Crippen LogP contribution is -2.69. The molecule has 3 aliphatic rings. The van der Waals surface area contributed by atoms with E-state index in [0.717, 1.165) is 11.8 Å². The van der Waals surface area contributed by atoms with Crippen LogP contribution in [0.4, 0.5) is 4.79 Å². The second-order valence-electron chi connectivity index (χ2n) is 5.06. The van der Waals surface area contributed by atoms with Gasteiger partial charge in [0.25, 0.3) is 5.91 Å². The number of rotatable bonds is 2. The van der Waals surface area contributed by atoms with Crippen LogP contribution >= 0.6 is 11.8 Å². The molecule has 116 valence electrons. The van der Waals surface area contributed by atoms with Gasteiger partial charge in [-0.15, -0.1) is 0 Å². The number of likely N-dealkylation sites (tertiary alicyclic amines) is 1. The van der Waals surface area contributed by atoms with Gasteiger partial charge in [0.15, 0.2) is 0 Å². The first-order valence-electron chi connectivity index (χ1n) is 6.35. The standard InChI is InChI=1S/C10H13N3O6S2/c14-8-7-6(13(8)21(17,18)19)1-3-12(7)10(16)11-5-2-4-20-9(5)15/h5-7H,1-4H2,(H,11,16)(H,17,18,19)/t5-,6-,7+/m1/s1. The molecule has 3 saturated heterocycles. The number of thioether (sulfide) groups is 1. The maximum atomic E-state index is 12.1. The molecule has 0 bridgehead atoms. The number of carbonyl (C=O) groups is 3. The van der Waals surface area contributed by atoms with E-state index in [1.165, 1.54) is 4.90 Å². The molecule has 21 heavy (non-hydrogen) atoms. The van der Waals surface area contributed by atoms with Crippen LogP contribution in [-0.4, -0.2) is 69.7 Å². The van der Waals surface area contributed by atoms with Gasteiger partial charge in [-0.05, 0) is 12.8 Å². The largest absolute Gasteiger partial charge is 0.362 e. The minimum Gasteiger partial charge on any atom is -0.327 e. The summed E-state index contributed by atoms with van der Waals surface area (Å²) in [4.78, 5) is 36.6. The Morgan fingerprint density at radius 2 is 2.05 bits per heavy atom. The summed E-state index contributed by atoms with van der Waals surface area (Å²) >= 11 is 1.15. The van der Waals surface area contributed by atoms with Gasteiger partial charge in [-0.25, -0.2) is 9.10 Å². The summed E-state index contributed by atoms with van der Waals surface area (Å²) in [6.07, 6.45) is 0.819. The molecule has 0 radical (unpaired) electrons. The highest BCUT2D eigenvalue weighted by Crippen LogP contribution is 2.35. The van der Waals surface area contributed by atoms with Crippen molar-refractivity contribution in [1.29, 1.82) is 0 Å². The highest BCUT2D eigenvalue weighted by molar-refractivity contribution is 8.14. The first-order valence-corrected chi connectivity index (χ1v) is 8.73. The lowest BCUT2D eigenvalue weighted by atomic mass is 10.0. The van der Waals surface area contributed by atoms with Crippen molar-refractivity contribution in [2.75, 3.05) is 12.3 Å². The number of β-lactam (4-membered cyclic amide) rings is 1. The van der Waals surface area contributed by atoms with Gasteiger partial charge in [0, 0.05) is 12.3 Å². The highest BCUT2D eigenvalue weighted by Gasteiger charge is 2.60. The Kier molecular flexibility index (Phi) is 3.37. The first kappa shape index (κ1) is 14.6. The Bertz CT molecular complexity index is 620. The monoisotopic (exact) mass is 335 g/mol. The van der Waals surface area contributed by atoms with Crippen molar-refractivity contribution < 1.29 is 27.4 Å². The quantitative estimate of drug-likeness (QED) is 0.480. The normalized spacial score (nSPS) is 32.1. The Hall–Kier alpha value is -1.33. The molecule has 11 heteroatoms. The van der Waals surface area contributed by atoms with Crippen LogP contribution in [0.15, 0.2) is 0 Å². The number of fused-ring (bicyclic) bond motifs is 1. The summed E-state index contributed by atoms with van der Waals surface area (Å²) in [5.74, 6) is -0.173. The van der Waals surface area contributed by atoms with Gasteiger partial charge in [0.2, 0.25) is 5.12 Å². The molecule has 0 aromatic rings. The number of nitrogens with zero attached hydrogens (tertiary/aromatic N) is 2. The van der Waals surface area contributed by atoms with E-state index in [9.17, 15) is 22.8 Å². The fraction of sp³-hybridized carbons (Fsp3) is 0.700. The van der Waals surface area contributed by atoms with E-state index in [-0.39, 0.29) is 18.1 Å². The summed E-state index contributed by atoms with van der Waals surface area (Å²) in [5, 5.41) is 2.45. The third-order valence-electron chi connectivity index (χ3n) is 3.88. The van der Waals surface area contributed by atoms with Crippen LogP contribution in [0.25, 0.3) is 0 Å². The smallest absolute Gasteiger partial charge is 0.327 e. The van der Waals surface area contributed by atoms with Crippen LogP contribution < -0.4 is 5.32 Å². The van der Waals surface area contributed by atoms with Gasteiger partial charge in [-0.1, -0.05) is 11.8 Å². The number of hydrogen-bond acceptors (Lipinski definition) is 6. The van der Waals surface area contributed by atoms with Gasteiger partial charge in [-0.2, -0.15) is 8.42 Å². The number of carbonyl (C=O) groups excluding carboxylic acids is 3. The van der Waals surface area contributed by atoms with Crippen molar-refractivity contribution >= 4 is 39.1 Å². The predicted molar refractivity (Wildman–Crippen MR) is 71.7 cm³/mol. The first-order chi connectivity index (χ1) is 9.80. The molecule has 3 heterocycles. The van der Waals surface area contributed by atoms with Crippen molar-refractivity contribution in [3.05, 3.63) is 0 Å². The molecular weight excluding hydrogens is 322 g/mol. The minimum absolute atomic E-state index is 0.112. The highest BCUT2D eigenvalue weighted by atomic mass is 32.2. The SMILES string of the molecule is O=C1SCC[C@H]1NC(=O)N1CC[C@@H]2[C@H]1C(=O)N2S(=O)(=O)O. The van der Waals surface area contributed by atoms with E-state index in [2.05, 4.69) is 5.32 Å². The molecule has 2 N–H and O–H groups in total. The molecule has 0 aliphatic carbocycles. The Morgan fingerprint density at radius 1 is 1.33 bits per heavy atom. The molecule has 0 aromatic heterocycles. The summed E-state index contributed by atoms with van der Waals surface area (Å²) < 4.78 is 31.5. The van der Waals surface area contributed by atoms with Crippen LogP contribution in [0.5, 0.6) is 0 Å². The zero-order chi connectivity index (χ0) is 15.4. The van der Waals surface area contributed by atoms with Gasteiger partial charge in [0.05, 0.1) is 6.04 Å². The number of urea groups is 1. The maximum Gasteiger partial charge on any atom is 0.362 e. The fourth-order valence-corrected chi connectivity index (χ4v) is 4.73. The average Bonchev–Trinajstić information content (AvgIpc) is 2.92. The lowest BCUT2D eigenvalue weighted by molar-refractivity contribution is -0.143. The van der Waals surface area contributed by atoms with Crippen molar-refractivity contribution in [3.8, 4) is 0 Å². The van der Waals surface area contributed by atoms with Crippen molar-refractivity contribution in [2.24, 2.45) is 0 Å². The summed E-state index contributed by atoms with van der Waals surface area (Å²) in [5.41, 5.74) is 0. The molecule has 0 unspecified atom stereocenters. The summed E-state index contributed by atoms with van der Waals surface area (Å²) in [6.45, 7) is 0.201. The molecular formula is C10H13N3O6S2. The van der Waals surface area contributed by atoms with Crippen molar-refractivity contribution in [1.82, 2.24) is 14.5 Å². The Labute approximate surface area is 124 Å². The third-order valence-corrected chi connectivity index (χ3v) is 5.84. The molecule has 3 aliphatic heterocycles. The molecule has 3 atom stereocenters. The average molecular weight is 335 g/mol. The number of hydrogen-bond donors (Lipinski definition) is 2. The molecule has 0 spiro atoms. The molecule has 3 rings (SSSR count). The van der Waals surface area contributed by atoms with E-state index in [1.54, 1.807) is 0 Å². The topological polar surface area (TPSA) is 124 Å². The molecule has 0 saturated carbocycles. The molecule has 3 fully saturated rings. The second-order valence-corrected chi connectivity index (χ2v) is 7.45. The van der Waals surface area contributed by atoms with Crippen LogP contribution in [0, 0.1) is 0 Å². The third kappa shape index (κ3) is 2.28. The van der Waals surface area contributed by atoms with E-state index in [1.807, 2.05) is 0 Å².